The maximum atomic E-state index is 5.98. The highest BCUT2D eigenvalue weighted by Crippen LogP contribution is 2.25. The Kier molecular flexibility index (Phi) is 3.56. The standard InChI is InChI=1S/C16H20N2/c1-11-4-7-14(8-5-11)13(3)18-16-10-12(2)6-9-15(16)17/h4-10,13,18H,17H2,1-3H3. The molecule has 0 fully saturated rings. The van der Waals surface area contributed by atoms with E-state index in [4.69, 9.17) is 5.73 Å². The molecule has 1 unspecified atom stereocenters. The van der Waals surface area contributed by atoms with Gasteiger partial charge in [-0.3, -0.25) is 0 Å². The molecule has 2 heteroatoms. The molecule has 0 heterocycles. The van der Waals surface area contributed by atoms with Gasteiger partial charge in [0.2, 0.25) is 0 Å². The van der Waals surface area contributed by atoms with Crippen molar-refractivity contribution in [3.8, 4) is 0 Å². The van der Waals surface area contributed by atoms with Crippen LogP contribution in [0.2, 0.25) is 0 Å². The molecule has 2 nitrogen and oxygen atoms in total. The summed E-state index contributed by atoms with van der Waals surface area (Å²) in [6.45, 7) is 6.31. The van der Waals surface area contributed by atoms with Crippen LogP contribution < -0.4 is 11.1 Å². The Morgan fingerprint density at radius 1 is 0.944 bits per heavy atom. The topological polar surface area (TPSA) is 38.0 Å². The molecule has 1 atom stereocenters. The third-order valence-corrected chi connectivity index (χ3v) is 3.16. The first-order valence-corrected chi connectivity index (χ1v) is 6.25. The van der Waals surface area contributed by atoms with Crippen molar-refractivity contribution in [2.45, 2.75) is 26.8 Å². The van der Waals surface area contributed by atoms with Crippen LogP contribution in [0.1, 0.15) is 29.7 Å². The summed E-state index contributed by atoms with van der Waals surface area (Å²) < 4.78 is 0. The van der Waals surface area contributed by atoms with Crippen LogP contribution in [0.25, 0.3) is 0 Å². The number of aryl methyl sites for hydroxylation is 2. The summed E-state index contributed by atoms with van der Waals surface area (Å²) in [4.78, 5) is 0. The second-order valence-electron chi connectivity index (χ2n) is 4.87. The lowest BCUT2D eigenvalue weighted by Gasteiger charge is -2.18. The van der Waals surface area contributed by atoms with Crippen molar-refractivity contribution in [1.29, 1.82) is 0 Å². The van der Waals surface area contributed by atoms with Crippen molar-refractivity contribution in [1.82, 2.24) is 0 Å². The van der Waals surface area contributed by atoms with E-state index in [2.05, 4.69) is 56.4 Å². The van der Waals surface area contributed by atoms with Crippen molar-refractivity contribution >= 4 is 11.4 Å². The molecule has 0 saturated heterocycles. The van der Waals surface area contributed by atoms with Crippen LogP contribution in [-0.4, -0.2) is 0 Å². The van der Waals surface area contributed by atoms with Gasteiger partial charge in [-0.25, -0.2) is 0 Å². The van der Waals surface area contributed by atoms with Crippen LogP contribution in [0.5, 0.6) is 0 Å². The fourth-order valence-corrected chi connectivity index (χ4v) is 1.97. The second kappa shape index (κ2) is 5.13. The highest BCUT2D eigenvalue weighted by Gasteiger charge is 2.07. The Hall–Kier alpha value is -1.96. The van der Waals surface area contributed by atoms with Gasteiger partial charge in [-0.1, -0.05) is 35.9 Å². The molecule has 2 rings (SSSR count). The summed E-state index contributed by atoms with van der Waals surface area (Å²) in [6.07, 6.45) is 0. The molecule has 94 valence electrons. The highest BCUT2D eigenvalue weighted by atomic mass is 14.9. The molecule has 0 amide bonds. The normalized spacial score (nSPS) is 12.2. The third kappa shape index (κ3) is 2.83. The molecular formula is C16H20N2. The van der Waals surface area contributed by atoms with E-state index >= 15 is 0 Å². The van der Waals surface area contributed by atoms with Crippen molar-refractivity contribution in [2.75, 3.05) is 11.1 Å². The van der Waals surface area contributed by atoms with E-state index in [0.717, 1.165) is 11.4 Å². The average molecular weight is 240 g/mol. The second-order valence-corrected chi connectivity index (χ2v) is 4.87. The molecule has 3 N–H and O–H groups in total. The van der Waals surface area contributed by atoms with Gasteiger partial charge < -0.3 is 11.1 Å². The van der Waals surface area contributed by atoms with E-state index < -0.39 is 0 Å². The Morgan fingerprint density at radius 2 is 1.56 bits per heavy atom. The van der Waals surface area contributed by atoms with Gasteiger partial charge in [0.05, 0.1) is 11.4 Å². The fraction of sp³-hybridized carbons (Fsp3) is 0.250. The van der Waals surface area contributed by atoms with Gasteiger partial charge in [-0.05, 0) is 44.0 Å². The molecule has 0 aliphatic heterocycles. The lowest BCUT2D eigenvalue weighted by Crippen LogP contribution is -2.08. The lowest BCUT2D eigenvalue weighted by molar-refractivity contribution is 0.884. The summed E-state index contributed by atoms with van der Waals surface area (Å²) in [6, 6.07) is 14.9. The summed E-state index contributed by atoms with van der Waals surface area (Å²) in [7, 11) is 0. The van der Waals surface area contributed by atoms with Crippen LogP contribution in [0.3, 0.4) is 0 Å². The van der Waals surface area contributed by atoms with Crippen molar-refractivity contribution in [3.63, 3.8) is 0 Å². The lowest BCUT2D eigenvalue weighted by atomic mass is 10.1. The SMILES string of the molecule is Cc1ccc(C(C)Nc2cc(C)ccc2N)cc1. The summed E-state index contributed by atoms with van der Waals surface area (Å²) >= 11 is 0. The largest absolute Gasteiger partial charge is 0.397 e. The molecule has 0 spiro atoms. The quantitative estimate of drug-likeness (QED) is 0.794. The van der Waals surface area contributed by atoms with E-state index in [1.807, 2.05) is 12.1 Å². The van der Waals surface area contributed by atoms with E-state index in [-0.39, 0.29) is 6.04 Å². The minimum atomic E-state index is 0.245. The first kappa shape index (κ1) is 12.5. The van der Waals surface area contributed by atoms with E-state index in [0.29, 0.717) is 0 Å². The number of hydrogen-bond acceptors (Lipinski definition) is 2. The van der Waals surface area contributed by atoms with Gasteiger partial charge in [0.15, 0.2) is 0 Å². The maximum absolute atomic E-state index is 5.98. The number of rotatable bonds is 3. The summed E-state index contributed by atoms with van der Waals surface area (Å²) in [5, 5.41) is 3.46. The molecule has 18 heavy (non-hydrogen) atoms. The van der Waals surface area contributed by atoms with Gasteiger partial charge in [0, 0.05) is 6.04 Å². The zero-order chi connectivity index (χ0) is 13.1. The molecular weight excluding hydrogens is 220 g/mol. The molecule has 0 aliphatic rings. The highest BCUT2D eigenvalue weighted by molar-refractivity contribution is 5.67. The maximum Gasteiger partial charge on any atom is 0.0581 e. The van der Waals surface area contributed by atoms with Crippen molar-refractivity contribution < 1.29 is 0 Å². The monoisotopic (exact) mass is 240 g/mol. The van der Waals surface area contributed by atoms with Gasteiger partial charge in [0.1, 0.15) is 0 Å². The van der Waals surface area contributed by atoms with Crippen molar-refractivity contribution in [2.24, 2.45) is 0 Å². The molecule has 2 aromatic rings. The average Bonchev–Trinajstić information content (AvgIpc) is 2.34. The molecule has 0 radical (unpaired) electrons. The summed E-state index contributed by atoms with van der Waals surface area (Å²) in [5.74, 6) is 0. The zero-order valence-corrected chi connectivity index (χ0v) is 11.2. The van der Waals surface area contributed by atoms with Gasteiger partial charge in [0.25, 0.3) is 0 Å². The molecule has 0 saturated carbocycles. The minimum Gasteiger partial charge on any atom is -0.397 e. The number of hydrogen-bond donors (Lipinski definition) is 2. The number of nitrogen functional groups attached to an aromatic ring is 1. The Labute approximate surface area is 109 Å². The fourth-order valence-electron chi connectivity index (χ4n) is 1.97. The zero-order valence-electron chi connectivity index (χ0n) is 11.2. The smallest absolute Gasteiger partial charge is 0.0581 e. The third-order valence-electron chi connectivity index (χ3n) is 3.16. The Balaban J connectivity index is 2.18. The molecule has 0 bridgehead atoms. The van der Waals surface area contributed by atoms with E-state index in [9.17, 15) is 0 Å². The van der Waals surface area contributed by atoms with Gasteiger partial charge >= 0.3 is 0 Å². The van der Waals surface area contributed by atoms with E-state index in [1.165, 1.54) is 16.7 Å². The number of anilines is 2. The Bertz CT molecular complexity index is 529. The molecule has 2 aromatic carbocycles. The van der Waals surface area contributed by atoms with Crippen molar-refractivity contribution in [3.05, 3.63) is 59.2 Å². The predicted molar refractivity (Wildman–Crippen MR) is 78.8 cm³/mol. The van der Waals surface area contributed by atoms with Crippen LogP contribution in [0.15, 0.2) is 42.5 Å². The van der Waals surface area contributed by atoms with Crippen LogP contribution in [0.4, 0.5) is 11.4 Å². The van der Waals surface area contributed by atoms with Crippen LogP contribution in [-0.2, 0) is 0 Å². The minimum absolute atomic E-state index is 0.245. The first-order valence-electron chi connectivity index (χ1n) is 6.25. The number of nitrogens with one attached hydrogen (secondary N) is 1. The number of benzene rings is 2. The number of nitrogens with two attached hydrogens (primary N) is 1. The van der Waals surface area contributed by atoms with Gasteiger partial charge in [-0.15, -0.1) is 0 Å². The molecule has 0 aromatic heterocycles. The van der Waals surface area contributed by atoms with Crippen LogP contribution in [0, 0.1) is 13.8 Å². The first-order chi connectivity index (χ1) is 8.56. The van der Waals surface area contributed by atoms with Crippen LogP contribution >= 0.6 is 0 Å². The van der Waals surface area contributed by atoms with E-state index in [1.54, 1.807) is 0 Å². The van der Waals surface area contributed by atoms with Gasteiger partial charge in [-0.2, -0.15) is 0 Å². The molecule has 0 aliphatic carbocycles. The Morgan fingerprint density at radius 3 is 2.22 bits per heavy atom. The summed E-state index contributed by atoms with van der Waals surface area (Å²) in [5.41, 5.74) is 11.5. The predicted octanol–water partition coefficient (Wildman–Crippen LogP) is 4.06.